The molecule has 2 atom stereocenters. The molecule has 1 aliphatic carbocycles. The van der Waals surface area contributed by atoms with Crippen LogP contribution in [0.3, 0.4) is 0 Å². The van der Waals surface area contributed by atoms with Gasteiger partial charge in [0.15, 0.2) is 0 Å². The Hall–Kier alpha value is -3.00. The van der Waals surface area contributed by atoms with Crippen molar-refractivity contribution in [3.05, 3.63) is 58.3 Å². The van der Waals surface area contributed by atoms with Gasteiger partial charge in [0, 0.05) is 47.8 Å². The van der Waals surface area contributed by atoms with Gasteiger partial charge in [-0.05, 0) is 31.7 Å². The minimum Gasteiger partial charge on any atom is -0.462 e. The molecular formula is C30H39FN2O5. The SMILES string of the molecule is CCOC(=O)c1cn(C[C@]2(O)CCN(C(=O)C(C)CC3CCC3)CC2(C)C)c(=O)cc1-c1ccccc1F. The quantitative estimate of drug-likeness (QED) is 0.506. The minimum absolute atomic E-state index is 0.0513. The number of hydrogen-bond acceptors (Lipinski definition) is 5. The maximum atomic E-state index is 14.6. The number of pyridine rings is 1. The van der Waals surface area contributed by atoms with Crippen molar-refractivity contribution in [1.29, 1.82) is 0 Å². The first kappa shape index (κ1) is 28.0. The van der Waals surface area contributed by atoms with Crippen LogP contribution in [-0.4, -0.2) is 51.7 Å². The molecule has 0 radical (unpaired) electrons. The van der Waals surface area contributed by atoms with Gasteiger partial charge < -0.3 is 19.3 Å². The summed E-state index contributed by atoms with van der Waals surface area (Å²) in [6.45, 7) is 8.26. The van der Waals surface area contributed by atoms with E-state index in [1.807, 2.05) is 25.7 Å². The fraction of sp³-hybridized carbons (Fsp3) is 0.567. The third-order valence-corrected chi connectivity index (χ3v) is 8.50. The molecule has 1 aromatic carbocycles. The van der Waals surface area contributed by atoms with Crippen LogP contribution in [0.1, 0.15) is 70.2 Å². The first-order valence-electron chi connectivity index (χ1n) is 13.6. The monoisotopic (exact) mass is 526 g/mol. The molecule has 1 unspecified atom stereocenters. The van der Waals surface area contributed by atoms with E-state index >= 15 is 0 Å². The van der Waals surface area contributed by atoms with Crippen LogP contribution in [0.25, 0.3) is 11.1 Å². The summed E-state index contributed by atoms with van der Waals surface area (Å²) in [6.07, 6.45) is 6.18. The third-order valence-electron chi connectivity index (χ3n) is 8.50. The Kier molecular flexibility index (Phi) is 8.12. The molecular weight excluding hydrogens is 487 g/mol. The molecule has 2 aliphatic rings. The van der Waals surface area contributed by atoms with Crippen LogP contribution >= 0.6 is 0 Å². The molecule has 4 rings (SSSR count). The minimum atomic E-state index is -1.31. The fourth-order valence-electron chi connectivity index (χ4n) is 5.74. The number of piperidine rings is 1. The molecule has 0 spiro atoms. The summed E-state index contributed by atoms with van der Waals surface area (Å²) in [7, 11) is 0. The van der Waals surface area contributed by atoms with E-state index in [2.05, 4.69) is 0 Å². The number of rotatable bonds is 8. The number of halogens is 1. The number of aliphatic hydroxyl groups is 1. The molecule has 1 aliphatic heterocycles. The molecule has 2 aromatic rings. The van der Waals surface area contributed by atoms with Gasteiger partial charge >= 0.3 is 5.97 Å². The number of esters is 1. The zero-order chi connectivity index (χ0) is 27.7. The second-order valence-corrected chi connectivity index (χ2v) is 11.6. The number of benzene rings is 1. The van der Waals surface area contributed by atoms with Gasteiger partial charge in [-0.25, -0.2) is 9.18 Å². The molecule has 1 saturated carbocycles. The van der Waals surface area contributed by atoms with Crippen molar-refractivity contribution in [2.45, 2.75) is 71.9 Å². The number of carbonyl (C=O) groups excluding carboxylic acids is 2. The average Bonchev–Trinajstić information content (AvgIpc) is 2.84. The van der Waals surface area contributed by atoms with Gasteiger partial charge in [0.1, 0.15) is 5.82 Å². The van der Waals surface area contributed by atoms with Gasteiger partial charge in [-0.3, -0.25) is 9.59 Å². The molecule has 2 heterocycles. The van der Waals surface area contributed by atoms with Crippen LogP contribution in [0, 0.1) is 23.1 Å². The lowest BCUT2D eigenvalue weighted by molar-refractivity contribution is -0.157. The van der Waals surface area contributed by atoms with E-state index in [9.17, 15) is 23.9 Å². The highest BCUT2D eigenvalue weighted by Gasteiger charge is 2.49. The molecule has 206 valence electrons. The number of aromatic nitrogens is 1. The van der Waals surface area contributed by atoms with Crippen molar-refractivity contribution >= 4 is 11.9 Å². The van der Waals surface area contributed by atoms with E-state index in [1.54, 1.807) is 13.0 Å². The van der Waals surface area contributed by atoms with Crippen molar-refractivity contribution in [3.8, 4) is 11.1 Å². The molecule has 1 saturated heterocycles. The van der Waals surface area contributed by atoms with E-state index in [-0.39, 0.29) is 48.1 Å². The van der Waals surface area contributed by atoms with Crippen LogP contribution < -0.4 is 5.56 Å². The Morgan fingerprint density at radius 3 is 2.53 bits per heavy atom. The highest BCUT2D eigenvalue weighted by atomic mass is 19.1. The fourth-order valence-corrected chi connectivity index (χ4v) is 5.74. The van der Waals surface area contributed by atoms with Gasteiger partial charge in [-0.15, -0.1) is 0 Å². The number of ether oxygens (including phenoxy) is 1. The maximum absolute atomic E-state index is 14.6. The number of hydrogen-bond donors (Lipinski definition) is 1. The normalized spacial score (nSPS) is 22.0. The summed E-state index contributed by atoms with van der Waals surface area (Å²) >= 11 is 0. The van der Waals surface area contributed by atoms with Crippen LogP contribution in [-0.2, 0) is 16.1 Å². The van der Waals surface area contributed by atoms with Gasteiger partial charge in [0.05, 0.1) is 24.3 Å². The Balaban J connectivity index is 1.59. The molecule has 1 N–H and O–H groups in total. The van der Waals surface area contributed by atoms with Crippen molar-refractivity contribution in [1.82, 2.24) is 9.47 Å². The maximum Gasteiger partial charge on any atom is 0.340 e. The second-order valence-electron chi connectivity index (χ2n) is 11.6. The summed E-state index contributed by atoms with van der Waals surface area (Å²) in [4.78, 5) is 41.0. The molecule has 2 fully saturated rings. The van der Waals surface area contributed by atoms with E-state index in [1.165, 1.54) is 54.3 Å². The lowest BCUT2D eigenvalue weighted by Gasteiger charge is -2.51. The summed E-state index contributed by atoms with van der Waals surface area (Å²) < 4.78 is 21.1. The Morgan fingerprint density at radius 1 is 1.21 bits per heavy atom. The summed E-state index contributed by atoms with van der Waals surface area (Å²) in [6, 6.07) is 7.16. The van der Waals surface area contributed by atoms with Gasteiger partial charge in [0.25, 0.3) is 5.56 Å². The van der Waals surface area contributed by atoms with E-state index < -0.39 is 28.4 Å². The van der Waals surface area contributed by atoms with Crippen LogP contribution in [0.4, 0.5) is 4.39 Å². The first-order chi connectivity index (χ1) is 18.0. The van der Waals surface area contributed by atoms with Crippen molar-refractivity contribution in [3.63, 3.8) is 0 Å². The van der Waals surface area contributed by atoms with Crippen LogP contribution in [0.15, 0.2) is 41.3 Å². The summed E-state index contributed by atoms with van der Waals surface area (Å²) in [5, 5.41) is 11.8. The Bertz CT molecular complexity index is 1250. The van der Waals surface area contributed by atoms with E-state index in [0.717, 1.165) is 6.42 Å². The number of amides is 1. The molecule has 7 nitrogen and oxygen atoms in total. The number of nitrogens with zero attached hydrogens (tertiary/aromatic N) is 2. The van der Waals surface area contributed by atoms with E-state index in [0.29, 0.717) is 19.0 Å². The van der Waals surface area contributed by atoms with Crippen LogP contribution in [0.2, 0.25) is 0 Å². The predicted molar refractivity (Wildman–Crippen MR) is 143 cm³/mol. The van der Waals surface area contributed by atoms with Gasteiger partial charge in [0.2, 0.25) is 5.91 Å². The first-order valence-corrected chi connectivity index (χ1v) is 13.6. The lowest BCUT2D eigenvalue weighted by Crippen LogP contribution is -2.61. The highest BCUT2D eigenvalue weighted by Crippen LogP contribution is 2.41. The summed E-state index contributed by atoms with van der Waals surface area (Å²) in [5.74, 6) is -0.535. The lowest BCUT2D eigenvalue weighted by atomic mass is 9.69. The topological polar surface area (TPSA) is 88.8 Å². The van der Waals surface area contributed by atoms with Crippen molar-refractivity contribution in [2.24, 2.45) is 17.3 Å². The largest absolute Gasteiger partial charge is 0.462 e. The zero-order valence-corrected chi connectivity index (χ0v) is 22.8. The van der Waals surface area contributed by atoms with Gasteiger partial charge in [-0.1, -0.05) is 58.2 Å². The van der Waals surface area contributed by atoms with Crippen LogP contribution in [0.5, 0.6) is 0 Å². The Labute approximate surface area is 223 Å². The number of likely N-dealkylation sites (tertiary alicyclic amines) is 1. The standard InChI is InChI=1S/C30H39FN2O5/c1-5-38-28(36)24-17-33(26(34)16-23(24)22-11-6-7-12-25(22)31)19-30(37)13-14-32(18-29(30,3)4)27(35)20(2)15-21-9-8-10-21/h6-7,11-12,16-17,20-21,37H,5,8-10,13-15,18-19H2,1-4H3/t20?,30-/m1/s1. The summed E-state index contributed by atoms with van der Waals surface area (Å²) in [5.41, 5.74) is -2.17. The highest BCUT2D eigenvalue weighted by molar-refractivity contribution is 5.97. The van der Waals surface area contributed by atoms with Crippen molar-refractivity contribution < 1.29 is 23.8 Å². The third kappa shape index (κ3) is 5.55. The smallest absolute Gasteiger partial charge is 0.340 e. The van der Waals surface area contributed by atoms with Gasteiger partial charge in [-0.2, -0.15) is 0 Å². The second kappa shape index (κ2) is 11.0. The molecule has 1 amide bonds. The molecule has 8 heteroatoms. The molecule has 38 heavy (non-hydrogen) atoms. The predicted octanol–water partition coefficient (Wildman–Crippen LogP) is 4.65. The van der Waals surface area contributed by atoms with E-state index in [4.69, 9.17) is 4.74 Å². The zero-order valence-electron chi connectivity index (χ0n) is 22.8. The molecule has 0 bridgehead atoms. The average molecular weight is 527 g/mol. The Morgan fingerprint density at radius 2 is 1.92 bits per heavy atom. The molecule has 1 aromatic heterocycles. The van der Waals surface area contributed by atoms with Crippen molar-refractivity contribution in [2.75, 3.05) is 19.7 Å². The number of carbonyl (C=O) groups is 2.